The van der Waals surface area contributed by atoms with Crippen molar-refractivity contribution < 1.29 is 0 Å². The highest BCUT2D eigenvalue weighted by molar-refractivity contribution is 5.94. The Morgan fingerprint density at radius 3 is 1.70 bits per heavy atom. The average Bonchev–Trinajstić information content (AvgIpc) is 3.50. The molecule has 0 fully saturated rings. The lowest BCUT2D eigenvalue weighted by molar-refractivity contribution is 0.659. The zero-order valence-corrected chi connectivity index (χ0v) is 31.5. The van der Waals surface area contributed by atoms with Gasteiger partial charge in [0.2, 0.25) is 0 Å². The molecule has 1 atom stereocenters. The zero-order chi connectivity index (χ0) is 37.6. The molecular formula is C54H40N2. The van der Waals surface area contributed by atoms with Gasteiger partial charge in [0, 0.05) is 27.8 Å². The van der Waals surface area contributed by atoms with E-state index >= 15 is 0 Å². The number of benzene rings is 8. The number of hydrogen-bond donors (Lipinski definition) is 0. The largest absolute Gasteiger partial charge is 0.228 e. The summed E-state index contributed by atoms with van der Waals surface area (Å²) >= 11 is 0. The molecule has 0 N–H and O–H groups in total. The Labute approximate surface area is 328 Å². The molecule has 8 aromatic carbocycles. The van der Waals surface area contributed by atoms with Crippen LogP contribution in [0.2, 0.25) is 0 Å². The number of para-hydroxylation sites is 1. The normalized spacial score (nSPS) is 13.2. The van der Waals surface area contributed by atoms with Crippen molar-refractivity contribution in [2.75, 3.05) is 0 Å². The molecule has 1 aliphatic rings. The van der Waals surface area contributed by atoms with E-state index in [1.165, 1.54) is 50.1 Å². The first-order valence-corrected chi connectivity index (χ1v) is 19.4. The molecule has 1 aromatic heterocycles. The van der Waals surface area contributed by atoms with Gasteiger partial charge in [-0.3, -0.25) is 0 Å². The highest BCUT2D eigenvalue weighted by Gasteiger charge is 2.38. The summed E-state index contributed by atoms with van der Waals surface area (Å²) in [6.45, 7) is 4.73. The van der Waals surface area contributed by atoms with Gasteiger partial charge in [0.05, 0.1) is 11.2 Å². The second kappa shape index (κ2) is 13.7. The molecule has 0 spiro atoms. The van der Waals surface area contributed by atoms with Crippen molar-refractivity contribution in [2.24, 2.45) is 0 Å². The van der Waals surface area contributed by atoms with Crippen LogP contribution in [0.3, 0.4) is 0 Å². The maximum Gasteiger partial charge on any atom is 0.160 e. The molecule has 266 valence electrons. The van der Waals surface area contributed by atoms with Crippen LogP contribution in [0.4, 0.5) is 0 Å². The molecule has 0 aliphatic heterocycles. The van der Waals surface area contributed by atoms with E-state index in [9.17, 15) is 0 Å². The first-order chi connectivity index (χ1) is 27.5. The molecule has 1 unspecified atom stereocenters. The van der Waals surface area contributed by atoms with Crippen molar-refractivity contribution in [2.45, 2.75) is 25.2 Å². The predicted molar refractivity (Wildman–Crippen MR) is 233 cm³/mol. The van der Waals surface area contributed by atoms with Crippen LogP contribution in [-0.2, 0) is 5.41 Å². The Hall–Kier alpha value is -6.90. The van der Waals surface area contributed by atoms with Gasteiger partial charge in [-0.25, -0.2) is 9.97 Å². The van der Waals surface area contributed by atoms with E-state index in [-0.39, 0.29) is 11.3 Å². The van der Waals surface area contributed by atoms with Crippen molar-refractivity contribution in [1.29, 1.82) is 0 Å². The molecule has 0 saturated carbocycles. The van der Waals surface area contributed by atoms with Gasteiger partial charge >= 0.3 is 0 Å². The summed E-state index contributed by atoms with van der Waals surface area (Å²) in [5.41, 5.74) is 17.9. The van der Waals surface area contributed by atoms with E-state index in [4.69, 9.17) is 9.97 Å². The Kier molecular flexibility index (Phi) is 8.26. The molecule has 0 amide bonds. The molecule has 0 saturated heterocycles. The summed E-state index contributed by atoms with van der Waals surface area (Å²) in [5.74, 6) is 0.716. The van der Waals surface area contributed by atoms with E-state index in [2.05, 4.69) is 202 Å². The quantitative estimate of drug-likeness (QED) is 0.153. The molecule has 0 radical (unpaired) electrons. The minimum Gasteiger partial charge on any atom is -0.228 e. The van der Waals surface area contributed by atoms with Crippen LogP contribution in [0, 0.1) is 0 Å². The maximum absolute atomic E-state index is 5.19. The first kappa shape index (κ1) is 33.7. The van der Waals surface area contributed by atoms with Gasteiger partial charge in [0.25, 0.3) is 0 Å². The molecule has 9 aromatic rings. The highest BCUT2D eigenvalue weighted by atomic mass is 14.9. The zero-order valence-electron chi connectivity index (χ0n) is 31.5. The van der Waals surface area contributed by atoms with Crippen molar-refractivity contribution >= 4 is 10.9 Å². The van der Waals surface area contributed by atoms with Crippen LogP contribution in [-0.4, -0.2) is 9.97 Å². The third kappa shape index (κ3) is 5.82. The standard InChI is InChI=1S/C54H40N2/c1-54(2)47-30-11-9-27-44(47)51-46(29-16-31-48(51)54)50(41-24-13-21-38(33-41)36-17-5-3-6-18-36)42-25-14-22-39(34-42)40-23-15-26-43(35-40)53-55-49-32-12-10-28-45(49)52(56-53)37-19-7-4-8-20-37/h3-35,50H,1-2H3. The van der Waals surface area contributed by atoms with Crippen molar-refractivity contribution in [3.05, 3.63) is 228 Å². The summed E-state index contributed by atoms with van der Waals surface area (Å²) in [7, 11) is 0. The monoisotopic (exact) mass is 716 g/mol. The number of aromatic nitrogens is 2. The van der Waals surface area contributed by atoms with Crippen LogP contribution in [0.5, 0.6) is 0 Å². The first-order valence-electron chi connectivity index (χ1n) is 19.4. The van der Waals surface area contributed by atoms with Crippen LogP contribution in [0.1, 0.15) is 47.6 Å². The summed E-state index contributed by atoms with van der Waals surface area (Å²) in [6.07, 6.45) is 0. The lowest BCUT2D eigenvalue weighted by atomic mass is 9.78. The molecule has 10 rings (SSSR count). The van der Waals surface area contributed by atoms with E-state index in [1.54, 1.807) is 0 Å². The van der Waals surface area contributed by atoms with Gasteiger partial charge < -0.3 is 0 Å². The van der Waals surface area contributed by atoms with Crippen LogP contribution in [0.15, 0.2) is 200 Å². The van der Waals surface area contributed by atoms with E-state index in [1.807, 2.05) is 12.1 Å². The Bertz CT molecular complexity index is 2890. The lowest BCUT2D eigenvalue weighted by Gasteiger charge is -2.25. The molecule has 2 heteroatoms. The maximum atomic E-state index is 5.19. The fraction of sp³-hybridized carbons (Fsp3) is 0.0741. The number of rotatable bonds is 7. The van der Waals surface area contributed by atoms with E-state index in [0.717, 1.165) is 44.7 Å². The molecule has 1 aliphatic carbocycles. The Morgan fingerprint density at radius 2 is 0.946 bits per heavy atom. The SMILES string of the molecule is CC1(C)c2ccccc2-c2c(C(c3cccc(-c4ccccc4)c3)c3cccc(-c4cccc(-c5nc(-c6ccccc6)c6ccccc6n5)c4)c3)cccc21. The van der Waals surface area contributed by atoms with Gasteiger partial charge in [-0.15, -0.1) is 0 Å². The smallest absolute Gasteiger partial charge is 0.160 e. The third-order valence-electron chi connectivity index (χ3n) is 11.6. The Balaban J connectivity index is 1.13. The van der Waals surface area contributed by atoms with Crippen molar-refractivity contribution in [3.8, 4) is 56.0 Å². The van der Waals surface area contributed by atoms with Gasteiger partial charge in [0.1, 0.15) is 0 Å². The molecule has 2 nitrogen and oxygen atoms in total. The second-order valence-corrected chi connectivity index (χ2v) is 15.4. The average molecular weight is 717 g/mol. The van der Waals surface area contributed by atoms with Crippen LogP contribution >= 0.6 is 0 Å². The van der Waals surface area contributed by atoms with E-state index in [0.29, 0.717) is 0 Å². The van der Waals surface area contributed by atoms with Gasteiger partial charge in [-0.1, -0.05) is 202 Å². The number of hydrogen-bond acceptors (Lipinski definition) is 2. The van der Waals surface area contributed by atoms with Gasteiger partial charge in [-0.05, 0) is 73.3 Å². The minimum absolute atomic E-state index is 0.00375. The van der Waals surface area contributed by atoms with Gasteiger partial charge in [0.15, 0.2) is 5.82 Å². The summed E-state index contributed by atoms with van der Waals surface area (Å²) in [4.78, 5) is 10.3. The number of fused-ring (bicyclic) bond motifs is 4. The van der Waals surface area contributed by atoms with Crippen molar-refractivity contribution in [1.82, 2.24) is 9.97 Å². The summed E-state index contributed by atoms with van der Waals surface area (Å²) < 4.78 is 0. The fourth-order valence-corrected chi connectivity index (χ4v) is 8.86. The molecular weight excluding hydrogens is 677 g/mol. The van der Waals surface area contributed by atoms with Crippen molar-refractivity contribution in [3.63, 3.8) is 0 Å². The molecule has 56 heavy (non-hydrogen) atoms. The number of nitrogens with zero attached hydrogens (tertiary/aromatic N) is 2. The fourth-order valence-electron chi connectivity index (χ4n) is 8.86. The summed E-state index contributed by atoms with van der Waals surface area (Å²) in [5, 5.41) is 1.05. The topological polar surface area (TPSA) is 25.8 Å². The Morgan fingerprint density at radius 1 is 0.411 bits per heavy atom. The third-order valence-corrected chi connectivity index (χ3v) is 11.6. The predicted octanol–water partition coefficient (Wildman–Crippen LogP) is 13.8. The van der Waals surface area contributed by atoms with Crippen LogP contribution < -0.4 is 0 Å². The second-order valence-electron chi connectivity index (χ2n) is 15.4. The van der Waals surface area contributed by atoms with Gasteiger partial charge in [-0.2, -0.15) is 0 Å². The molecule has 1 heterocycles. The minimum atomic E-state index is -0.0914. The lowest BCUT2D eigenvalue weighted by Crippen LogP contribution is -2.15. The molecule has 0 bridgehead atoms. The highest BCUT2D eigenvalue weighted by Crippen LogP contribution is 2.53. The van der Waals surface area contributed by atoms with Crippen LogP contribution in [0.25, 0.3) is 66.9 Å². The van der Waals surface area contributed by atoms with E-state index < -0.39 is 0 Å². The summed E-state index contributed by atoms with van der Waals surface area (Å²) in [6, 6.07) is 72.3.